The van der Waals surface area contributed by atoms with Crippen molar-refractivity contribution in [1.29, 1.82) is 0 Å². The molecule has 2 aromatic rings. The van der Waals surface area contributed by atoms with Crippen LogP contribution in [-0.2, 0) is 9.53 Å². The highest BCUT2D eigenvalue weighted by molar-refractivity contribution is 5.92. The number of nitrogens with zero attached hydrogens (tertiary/aromatic N) is 4. The van der Waals surface area contributed by atoms with Gasteiger partial charge in [0.25, 0.3) is 0 Å². The molecule has 0 amide bonds. The summed E-state index contributed by atoms with van der Waals surface area (Å²) in [6.07, 6.45) is 0.559. The Labute approximate surface area is 156 Å². The maximum atomic E-state index is 12.6. The van der Waals surface area contributed by atoms with Crippen LogP contribution < -0.4 is 19.5 Å². The first-order valence-electron chi connectivity index (χ1n) is 8.25. The molecular weight excluding hydrogens is 354 g/mol. The van der Waals surface area contributed by atoms with Gasteiger partial charge in [-0.1, -0.05) is 12.0 Å². The van der Waals surface area contributed by atoms with Gasteiger partial charge >= 0.3 is 5.97 Å². The topological polar surface area (TPSA) is 110 Å². The third-order valence-corrected chi connectivity index (χ3v) is 4.39. The number of carbonyl (C=O) groups excluding carboxylic acids is 1. The molecule has 0 saturated heterocycles. The molecule has 27 heavy (non-hydrogen) atoms. The average Bonchev–Trinajstić information content (AvgIpc) is 3.18. The van der Waals surface area contributed by atoms with E-state index < -0.39 is 12.0 Å². The molecule has 1 aliphatic heterocycles. The van der Waals surface area contributed by atoms with Gasteiger partial charge in [0.15, 0.2) is 11.5 Å². The van der Waals surface area contributed by atoms with Crippen molar-refractivity contribution < 1.29 is 23.7 Å². The molecule has 0 radical (unpaired) electrons. The first kappa shape index (κ1) is 18.5. The number of aromatic nitrogens is 4. The van der Waals surface area contributed by atoms with Crippen LogP contribution in [0.15, 0.2) is 23.4 Å². The summed E-state index contributed by atoms with van der Waals surface area (Å²) in [5, 5.41) is 14.9. The summed E-state index contributed by atoms with van der Waals surface area (Å²) in [4.78, 5) is 12.6. The molecule has 10 heteroatoms. The van der Waals surface area contributed by atoms with E-state index in [0.717, 1.165) is 0 Å². The number of ether oxygens (including phenoxy) is 4. The zero-order valence-corrected chi connectivity index (χ0v) is 15.8. The van der Waals surface area contributed by atoms with Crippen molar-refractivity contribution in [2.75, 3.05) is 33.8 Å². The predicted molar refractivity (Wildman–Crippen MR) is 95.0 cm³/mol. The lowest BCUT2D eigenvalue weighted by atomic mass is 9.93. The van der Waals surface area contributed by atoms with Gasteiger partial charge in [-0.25, -0.2) is 4.79 Å². The molecule has 0 unspecified atom stereocenters. The largest absolute Gasteiger partial charge is 0.496 e. The molecule has 3 rings (SSSR count). The van der Waals surface area contributed by atoms with E-state index in [4.69, 9.17) is 18.9 Å². The number of hydrogen-bond donors (Lipinski definition) is 1. The first-order valence-corrected chi connectivity index (χ1v) is 8.25. The first-order chi connectivity index (χ1) is 13.1. The van der Waals surface area contributed by atoms with E-state index >= 15 is 0 Å². The lowest BCUT2D eigenvalue weighted by Crippen LogP contribution is -2.30. The lowest BCUT2D eigenvalue weighted by molar-refractivity contribution is -0.136. The van der Waals surface area contributed by atoms with Gasteiger partial charge in [-0.05, 0) is 22.9 Å². The average molecular weight is 375 g/mol. The molecular formula is C17H21N5O5. The molecule has 144 valence electrons. The maximum absolute atomic E-state index is 12.6. The van der Waals surface area contributed by atoms with E-state index in [1.54, 1.807) is 12.1 Å². The van der Waals surface area contributed by atoms with Crippen molar-refractivity contribution in [2.24, 2.45) is 0 Å². The van der Waals surface area contributed by atoms with Crippen LogP contribution in [0.5, 0.6) is 17.2 Å². The van der Waals surface area contributed by atoms with Crippen molar-refractivity contribution in [2.45, 2.75) is 19.4 Å². The second-order valence-corrected chi connectivity index (χ2v) is 5.66. The molecule has 1 atom stereocenters. The number of methoxy groups -OCH3 is 4. The van der Waals surface area contributed by atoms with Crippen LogP contribution in [-0.4, -0.2) is 54.6 Å². The minimum absolute atomic E-state index is 0.394. The van der Waals surface area contributed by atoms with Crippen LogP contribution >= 0.6 is 0 Å². The minimum Gasteiger partial charge on any atom is -0.496 e. The molecule has 0 bridgehead atoms. The van der Waals surface area contributed by atoms with Crippen molar-refractivity contribution >= 4 is 11.9 Å². The fraction of sp³-hybridized carbons (Fsp3) is 0.412. The van der Waals surface area contributed by atoms with Crippen molar-refractivity contribution in [3.63, 3.8) is 0 Å². The van der Waals surface area contributed by atoms with E-state index in [0.29, 0.717) is 46.5 Å². The van der Waals surface area contributed by atoms with Gasteiger partial charge in [0.05, 0.1) is 34.0 Å². The number of rotatable bonds is 6. The third-order valence-electron chi connectivity index (χ3n) is 4.39. The van der Waals surface area contributed by atoms with Gasteiger partial charge in [-0.3, -0.25) is 0 Å². The number of esters is 1. The van der Waals surface area contributed by atoms with Crippen molar-refractivity contribution in [3.05, 3.63) is 29.0 Å². The Morgan fingerprint density at radius 1 is 1.11 bits per heavy atom. The number of anilines is 1. The Hall–Kier alpha value is -3.30. The number of tetrazole rings is 1. The van der Waals surface area contributed by atoms with Gasteiger partial charge < -0.3 is 24.3 Å². The predicted octanol–water partition coefficient (Wildman–Crippen LogP) is 1.55. The molecule has 0 saturated carbocycles. The summed E-state index contributed by atoms with van der Waals surface area (Å²) >= 11 is 0. The Morgan fingerprint density at radius 3 is 2.37 bits per heavy atom. The fourth-order valence-corrected chi connectivity index (χ4v) is 3.12. The number of allylic oxidation sites excluding steroid dienone is 1. The van der Waals surface area contributed by atoms with Crippen LogP contribution in [0.25, 0.3) is 0 Å². The molecule has 1 aromatic heterocycles. The quantitative estimate of drug-likeness (QED) is 0.752. The van der Waals surface area contributed by atoms with E-state index in [-0.39, 0.29) is 0 Å². The zero-order chi connectivity index (χ0) is 19.6. The number of hydrogen-bond acceptors (Lipinski definition) is 9. The SMILES string of the molecule is CCC1=C(C(=O)OC)[C@@H](c2cc(OC)c(OC)cc2OC)n2nnnc2N1. The minimum atomic E-state index is -0.659. The molecule has 1 N–H and O–H groups in total. The Kier molecular flexibility index (Phi) is 5.15. The summed E-state index contributed by atoms with van der Waals surface area (Å²) in [7, 11) is 5.94. The van der Waals surface area contributed by atoms with Gasteiger partial charge in [-0.15, -0.1) is 0 Å². The van der Waals surface area contributed by atoms with E-state index in [9.17, 15) is 4.79 Å². The second kappa shape index (κ2) is 7.52. The molecule has 1 aromatic carbocycles. The fourth-order valence-electron chi connectivity index (χ4n) is 3.12. The van der Waals surface area contributed by atoms with Crippen LogP contribution in [0.2, 0.25) is 0 Å². The highest BCUT2D eigenvalue weighted by Gasteiger charge is 2.37. The summed E-state index contributed by atoms with van der Waals surface area (Å²) in [5.74, 6) is 1.42. The maximum Gasteiger partial charge on any atom is 0.338 e. The molecule has 10 nitrogen and oxygen atoms in total. The normalized spacial score (nSPS) is 15.7. The summed E-state index contributed by atoms with van der Waals surface area (Å²) < 4.78 is 22.9. The van der Waals surface area contributed by atoms with Crippen LogP contribution in [0.3, 0.4) is 0 Å². The number of fused-ring (bicyclic) bond motifs is 1. The highest BCUT2D eigenvalue weighted by Crippen LogP contribution is 2.44. The Balaban J connectivity index is 2.30. The standard InChI is InChI=1S/C17H21N5O5/c1-6-10-14(16(23)27-5)15(22-17(18-10)19-20-21-22)9-7-12(25-3)13(26-4)8-11(9)24-2/h7-8,15H,6H2,1-5H3,(H,18,19,21)/t15-/m1/s1. The smallest absolute Gasteiger partial charge is 0.338 e. The second-order valence-electron chi connectivity index (χ2n) is 5.66. The summed E-state index contributed by atoms with van der Waals surface area (Å²) in [6.45, 7) is 1.92. The number of benzene rings is 1. The Bertz CT molecular complexity index is 892. The van der Waals surface area contributed by atoms with Gasteiger partial charge in [0, 0.05) is 17.3 Å². The van der Waals surface area contributed by atoms with Crippen LogP contribution in [0.1, 0.15) is 24.9 Å². The van der Waals surface area contributed by atoms with Crippen molar-refractivity contribution in [1.82, 2.24) is 20.2 Å². The summed E-state index contributed by atoms with van der Waals surface area (Å²) in [5.41, 5.74) is 1.70. The van der Waals surface area contributed by atoms with Crippen molar-refractivity contribution in [3.8, 4) is 17.2 Å². The monoisotopic (exact) mass is 375 g/mol. The van der Waals surface area contributed by atoms with Crippen LogP contribution in [0, 0.1) is 0 Å². The van der Waals surface area contributed by atoms with E-state index in [1.807, 2.05) is 6.92 Å². The van der Waals surface area contributed by atoms with E-state index in [1.165, 1.54) is 33.1 Å². The lowest BCUT2D eigenvalue weighted by Gasteiger charge is -2.29. The van der Waals surface area contributed by atoms with Crippen LogP contribution in [0.4, 0.5) is 5.95 Å². The van der Waals surface area contributed by atoms with Gasteiger partial charge in [0.1, 0.15) is 11.8 Å². The third kappa shape index (κ3) is 3.03. The van der Waals surface area contributed by atoms with E-state index in [2.05, 4.69) is 20.8 Å². The van der Waals surface area contributed by atoms with Gasteiger partial charge in [0.2, 0.25) is 5.95 Å². The highest BCUT2D eigenvalue weighted by atomic mass is 16.5. The van der Waals surface area contributed by atoms with Gasteiger partial charge in [-0.2, -0.15) is 4.68 Å². The Morgan fingerprint density at radius 2 is 1.78 bits per heavy atom. The molecule has 0 spiro atoms. The molecule has 0 fully saturated rings. The number of carbonyl (C=O) groups is 1. The zero-order valence-electron chi connectivity index (χ0n) is 15.8. The number of nitrogens with one attached hydrogen (secondary N) is 1. The molecule has 0 aliphatic carbocycles. The molecule has 2 heterocycles. The molecule has 1 aliphatic rings. The summed E-state index contributed by atoms with van der Waals surface area (Å²) in [6, 6.07) is 2.78.